The highest BCUT2D eigenvalue weighted by Crippen LogP contribution is 2.20. The number of nitrogens with one attached hydrogen (secondary N) is 1. The second kappa shape index (κ2) is 7.14. The van der Waals surface area contributed by atoms with E-state index in [1.165, 1.54) is 5.56 Å². The third kappa shape index (κ3) is 5.34. The minimum Gasteiger partial charge on any atom is -0.444 e. The average Bonchev–Trinajstić information content (AvgIpc) is 2.41. The molecule has 1 N–H and O–H groups in total. The van der Waals surface area contributed by atoms with Crippen LogP contribution in [0.1, 0.15) is 46.1 Å². The van der Waals surface area contributed by atoms with Crippen molar-refractivity contribution >= 4 is 6.09 Å². The number of hydrogen-bond donors (Lipinski definition) is 1. The Hall–Kier alpha value is -1.55. The number of amides is 1. The lowest BCUT2D eigenvalue weighted by Crippen LogP contribution is -2.51. The Morgan fingerprint density at radius 2 is 1.95 bits per heavy atom. The molecule has 1 saturated heterocycles. The normalized spacial score (nSPS) is 23.1. The van der Waals surface area contributed by atoms with Crippen LogP contribution in [0.3, 0.4) is 0 Å². The molecule has 0 radical (unpaired) electrons. The van der Waals surface area contributed by atoms with E-state index in [0.717, 1.165) is 25.9 Å². The van der Waals surface area contributed by atoms with Crippen LogP contribution in [-0.4, -0.2) is 35.2 Å². The second-order valence-electron chi connectivity index (χ2n) is 7.18. The number of likely N-dealkylation sites (tertiary alicyclic amines) is 1. The Bertz CT molecular complexity index is 482. The number of piperidine rings is 1. The van der Waals surface area contributed by atoms with Crippen molar-refractivity contribution in [2.75, 3.05) is 6.54 Å². The summed E-state index contributed by atoms with van der Waals surface area (Å²) < 4.78 is 5.35. The third-order valence-corrected chi connectivity index (χ3v) is 3.96. The summed E-state index contributed by atoms with van der Waals surface area (Å²) in [5.41, 5.74) is 0.864. The second-order valence-corrected chi connectivity index (χ2v) is 7.18. The van der Waals surface area contributed by atoms with Crippen LogP contribution in [-0.2, 0) is 11.3 Å². The van der Waals surface area contributed by atoms with Gasteiger partial charge in [-0.15, -0.1) is 0 Å². The van der Waals surface area contributed by atoms with Crippen molar-refractivity contribution in [2.45, 2.75) is 64.8 Å². The molecule has 1 fully saturated rings. The number of hydrogen-bond acceptors (Lipinski definition) is 3. The van der Waals surface area contributed by atoms with Crippen molar-refractivity contribution in [3.05, 3.63) is 35.9 Å². The van der Waals surface area contributed by atoms with E-state index in [2.05, 4.69) is 41.4 Å². The predicted molar refractivity (Wildman–Crippen MR) is 88.7 cm³/mol. The van der Waals surface area contributed by atoms with Crippen molar-refractivity contribution in [3.8, 4) is 0 Å². The fourth-order valence-corrected chi connectivity index (χ4v) is 2.81. The van der Waals surface area contributed by atoms with Crippen molar-refractivity contribution in [1.82, 2.24) is 10.2 Å². The predicted octanol–water partition coefficient (Wildman–Crippen LogP) is 3.56. The number of rotatable bonds is 3. The first-order chi connectivity index (χ1) is 10.3. The zero-order valence-electron chi connectivity index (χ0n) is 14.1. The Kier molecular flexibility index (Phi) is 5.46. The van der Waals surface area contributed by atoms with E-state index in [0.29, 0.717) is 6.04 Å². The molecular weight excluding hydrogens is 276 g/mol. The van der Waals surface area contributed by atoms with Gasteiger partial charge in [-0.2, -0.15) is 0 Å². The number of benzene rings is 1. The van der Waals surface area contributed by atoms with Gasteiger partial charge in [0.05, 0.1) is 0 Å². The van der Waals surface area contributed by atoms with Crippen molar-refractivity contribution in [3.63, 3.8) is 0 Å². The highest BCUT2D eigenvalue weighted by molar-refractivity contribution is 5.68. The van der Waals surface area contributed by atoms with E-state index in [-0.39, 0.29) is 12.1 Å². The van der Waals surface area contributed by atoms with Crippen LogP contribution in [0, 0.1) is 0 Å². The summed E-state index contributed by atoms with van der Waals surface area (Å²) in [6.07, 6.45) is 1.78. The highest BCUT2D eigenvalue weighted by atomic mass is 16.6. The lowest BCUT2D eigenvalue weighted by molar-refractivity contribution is 0.0443. The highest BCUT2D eigenvalue weighted by Gasteiger charge is 2.27. The number of alkyl carbamates (subject to hydrolysis) is 1. The first-order valence-corrected chi connectivity index (χ1v) is 8.11. The van der Waals surface area contributed by atoms with Crippen LogP contribution in [0.5, 0.6) is 0 Å². The van der Waals surface area contributed by atoms with E-state index < -0.39 is 5.60 Å². The van der Waals surface area contributed by atoms with E-state index in [1.807, 2.05) is 26.8 Å². The number of carbonyl (C=O) groups excluding carboxylic acids is 1. The minimum absolute atomic E-state index is 0.162. The van der Waals surface area contributed by atoms with Gasteiger partial charge < -0.3 is 10.1 Å². The smallest absolute Gasteiger partial charge is 0.407 e. The Morgan fingerprint density at radius 3 is 2.59 bits per heavy atom. The first kappa shape index (κ1) is 16.8. The summed E-state index contributed by atoms with van der Waals surface area (Å²) in [7, 11) is 0. The minimum atomic E-state index is -0.449. The van der Waals surface area contributed by atoms with Crippen LogP contribution in [0.4, 0.5) is 4.79 Å². The van der Waals surface area contributed by atoms with E-state index >= 15 is 0 Å². The van der Waals surface area contributed by atoms with Gasteiger partial charge in [-0.25, -0.2) is 4.79 Å². The van der Waals surface area contributed by atoms with Gasteiger partial charge in [0.25, 0.3) is 0 Å². The summed E-state index contributed by atoms with van der Waals surface area (Å²) in [4.78, 5) is 14.4. The van der Waals surface area contributed by atoms with Crippen molar-refractivity contribution in [2.24, 2.45) is 0 Å². The summed E-state index contributed by atoms with van der Waals surface area (Å²) in [6.45, 7) is 9.71. The monoisotopic (exact) mass is 304 g/mol. The quantitative estimate of drug-likeness (QED) is 0.928. The lowest BCUT2D eigenvalue weighted by atomic mass is 9.98. The van der Waals surface area contributed by atoms with Crippen LogP contribution >= 0.6 is 0 Å². The molecular formula is C18H28N2O2. The van der Waals surface area contributed by atoms with Crippen LogP contribution in [0.25, 0.3) is 0 Å². The van der Waals surface area contributed by atoms with E-state index in [1.54, 1.807) is 0 Å². The molecule has 4 nitrogen and oxygen atoms in total. The number of carbonyl (C=O) groups is 1. The van der Waals surface area contributed by atoms with Gasteiger partial charge >= 0.3 is 6.09 Å². The molecule has 2 atom stereocenters. The maximum atomic E-state index is 11.9. The number of ether oxygens (including phenoxy) is 1. The topological polar surface area (TPSA) is 41.6 Å². The largest absolute Gasteiger partial charge is 0.444 e. The van der Waals surface area contributed by atoms with Crippen LogP contribution < -0.4 is 5.32 Å². The van der Waals surface area contributed by atoms with Crippen LogP contribution in [0.2, 0.25) is 0 Å². The summed E-state index contributed by atoms with van der Waals surface area (Å²) in [5.74, 6) is 0. The summed E-state index contributed by atoms with van der Waals surface area (Å²) >= 11 is 0. The van der Waals surface area contributed by atoms with Crippen molar-refractivity contribution < 1.29 is 9.53 Å². The molecule has 0 saturated carbocycles. The van der Waals surface area contributed by atoms with Gasteiger partial charge in [0.15, 0.2) is 0 Å². The molecule has 1 aromatic carbocycles. The molecule has 0 spiro atoms. The fraction of sp³-hybridized carbons (Fsp3) is 0.611. The van der Waals surface area contributed by atoms with Gasteiger partial charge in [0, 0.05) is 25.2 Å². The molecule has 1 aliphatic heterocycles. The molecule has 1 heterocycles. The van der Waals surface area contributed by atoms with Crippen LogP contribution in [0.15, 0.2) is 30.3 Å². The van der Waals surface area contributed by atoms with Gasteiger partial charge in [0.2, 0.25) is 0 Å². The zero-order chi connectivity index (χ0) is 16.2. The Balaban J connectivity index is 1.89. The maximum absolute atomic E-state index is 11.9. The first-order valence-electron chi connectivity index (χ1n) is 8.11. The molecule has 1 amide bonds. The maximum Gasteiger partial charge on any atom is 0.407 e. The molecule has 22 heavy (non-hydrogen) atoms. The van der Waals surface area contributed by atoms with Gasteiger partial charge in [-0.3, -0.25) is 4.90 Å². The summed E-state index contributed by atoms with van der Waals surface area (Å²) in [6, 6.07) is 11.2. The molecule has 0 aliphatic carbocycles. The van der Waals surface area contributed by atoms with Gasteiger partial charge in [-0.05, 0) is 46.1 Å². The van der Waals surface area contributed by atoms with Gasteiger partial charge in [0.1, 0.15) is 5.60 Å². The standard InChI is InChI=1S/C18H28N2O2/c1-14-10-11-16(19-17(21)22-18(2,3)4)13-20(14)12-15-8-6-5-7-9-15/h5-9,14,16H,10-13H2,1-4H3,(H,19,21)/t14-,16-/m0/s1. The molecule has 2 rings (SSSR count). The van der Waals surface area contributed by atoms with Gasteiger partial charge in [-0.1, -0.05) is 30.3 Å². The molecule has 0 aromatic heterocycles. The Morgan fingerprint density at radius 1 is 1.27 bits per heavy atom. The van der Waals surface area contributed by atoms with Crippen molar-refractivity contribution in [1.29, 1.82) is 0 Å². The third-order valence-electron chi connectivity index (χ3n) is 3.96. The molecule has 1 aliphatic rings. The van der Waals surface area contributed by atoms with E-state index in [4.69, 9.17) is 4.74 Å². The number of nitrogens with zero attached hydrogens (tertiary/aromatic N) is 1. The molecule has 4 heteroatoms. The summed E-state index contributed by atoms with van der Waals surface area (Å²) in [5, 5.41) is 3.01. The SMILES string of the molecule is C[C@H]1CC[C@H](NC(=O)OC(C)(C)C)CN1Cc1ccccc1. The average molecular weight is 304 g/mol. The molecule has 0 unspecified atom stereocenters. The fourth-order valence-electron chi connectivity index (χ4n) is 2.81. The zero-order valence-corrected chi connectivity index (χ0v) is 14.1. The molecule has 0 bridgehead atoms. The Labute approximate surface area is 133 Å². The van der Waals surface area contributed by atoms with E-state index in [9.17, 15) is 4.79 Å². The molecule has 1 aromatic rings. The molecule has 122 valence electrons. The lowest BCUT2D eigenvalue weighted by Gasteiger charge is -2.38.